The number of halogens is 4. The fourth-order valence-corrected chi connectivity index (χ4v) is 4.01. The summed E-state index contributed by atoms with van der Waals surface area (Å²) in [6.07, 6.45) is -3.03. The largest absolute Gasteiger partial charge is 0.493 e. The lowest BCUT2D eigenvalue weighted by atomic mass is 10.0. The fraction of sp³-hybridized carbons (Fsp3) is 0.222. The number of alkyl halides is 3. The summed E-state index contributed by atoms with van der Waals surface area (Å²) in [6.45, 7) is 5.31. The fourth-order valence-electron chi connectivity index (χ4n) is 3.82. The minimum absolute atomic E-state index is 0.0630. The molecule has 4 rings (SSSR count). The maximum Gasteiger partial charge on any atom is 0.417 e. The van der Waals surface area contributed by atoms with Gasteiger partial charge in [0, 0.05) is 28.4 Å². The highest BCUT2D eigenvalue weighted by Crippen LogP contribution is 2.39. The number of rotatable bonds is 6. The average Bonchev–Trinajstić information content (AvgIpc) is 3.25. The lowest BCUT2D eigenvalue weighted by Gasteiger charge is -2.16. The van der Waals surface area contributed by atoms with Gasteiger partial charge in [0.25, 0.3) is 0 Å². The Morgan fingerprint density at radius 3 is 2.37 bits per heavy atom. The number of hydrogen-bond donors (Lipinski definition) is 1. The zero-order valence-corrected chi connectivity index (χ0v) is 20.2. The summed E-state index contributed by atoms with van der Waals surface area (Å²) < 4.78 is 48.9. The van der Waals surface area contributed by atoms with E-state index in [2.05, 4.69) is 4.98 Å². The van der Waals surface area contributed by atoms with Crippen molar-refractivity contribution in [1.82, 2.24) is 9.55 Å². The van der Waals surface area contributed by atoms with Crippen molar-refractivity contribution in [2.24, 2.45) is 0 Å². The van der Waals surface area contributed by atoms with Gasteiger partial charge in [0.2, 0.25) is 0 Å². The molecule has 182 valence electrons. The molecule has 0 bridgehead atoms. The SMILES string of the molecule is CCOc1cc(-n2cc(C(C)(C)O)nc2-c2ccccc2C(F)(F)F)ccc1-c1cccc(Cl)c1. The van der Waals surface area contributed by atoms with Gasteiger partial charge in [-0.1, -0.05) is 41.9 Å². The highest BCUT2D eigenvalue weighted by atomic mass is 35.5. The Morgan fingerprint density at radius 2 is 1.71 bits per heavy atom. The molecular weight excluding hydrogens is 477 g/mol. The summed E-state index contributed by atoms with van der Waals surface area (Å²) in [5, 5.41) is 11.1. The normalized spacial score (nSPS) is 12.1. The third kappa shape index (κ3) is 5.21. The van der Waals surface area contributed by atoms with Crippen LogP contribution in [0.3, 0.4) is 0 Å². The number of imidazole rings is 1. The van der Waals surface area contributed by atoms with Crippen LogP contribution >= 0.6 is 11.6 Å². The van der Waals surface area contributed by atoms with Crippen LogP contribution in [0.1, 0.15) is 32.0 Å². The van der Waals surface area contributed by atoms with E-state index in [0.29, 0.717) is 23.1 Å². The van der Waals surface area contributed by atoms with E-state index in [0.717, 1.165) is 17.2 Å². The summed E-state index contributed by atoms with van der Waals surface area (Å²) in [7, 11) is 0. The topological polar surface area (TPSA) is 47.3 Å². The first kappa shape index (κ1) is 24.8. The predicted molar refractivity (Wildman–Crippen MR) is 131 cm³/mol. The number of ether oxygens (including phenoxy) is 1. The van der Waals surface area contributed by atoms with Crippen molar-refractivity contribution < 1.29 is 23.0 Å². The smallest absolute Gasteiger partial charge is 0.417 e. The van der Waals surface area contributed by atoms with Crippen molar-refractivity contribution in [3.05, 3.63) is 89.2 Å². The summed E-state index contributed by atoms with van der Waals surface area (Å²) >= 11 is 6.17. The lowest BCUT2D eigenvalue weighted by Crippen LogP contribution is -2.15. The average molecular weight is 501 g/mol. The molecule has 1 heterocycles. The maximum absolute atomic E-state index is 13.8. The quantitative estimate of drug-likeness (QED) is 0.298. The van der Waals surface area contributed by atoms with Gasteiger partial charge in [0.15, 0.2) is 0 Å². The van der Waals surface area contributed by atoms with E-state index in [1.54, 1.807) is 29.0 Å². The van der Waals surface area contributed by atoms with Crippen molar-refractivity contribution >= 4 is 11.6 Å². The van der Waals surface area contributed by atoms with Gasteiger partial charge < -0.3 is 9.84 Å². The van der Waals surface area contributed by atoms with Crippen molar-refractivity contribution in [3.63, 3.8) is 0 Å². The van der Waals surface area contributed by atoms with Gasteiger partial charge in [-0.25, -0.2) is 4.98 Å². The summed E-state index contributed by atoms with van der Waals surface area (Å²) in [4.78, 5) is 4.42. The Bertz CT molecular complexity index is 1360. The number of aliphatic hydroxyl groups is 1. The van der Waals surface area contributed by atoms with Crippen molar-refractivity contribution in [1.29, 1.82) is 0 Å². The van der Waals surface area contributed by atoms with E-state index in [1.807, 2.05) is 31.2 Å². The molecule has 3 aromatic carbocycles. The first-order valence-electron chi connectivity index (χ1n) is 11.0. The molecule has 4 nitrogen and oxygen atoms in total. The molecule has 0 fully saturated rings. The number of nitrogens with zero attached hydrogens (tertiary/aromatic N) is 2. The molecule has 0 atom stereocenters. The first-order valence-corrected chi connectivity index (χ1v) is 11.4. The Balaban J connectivity index is 1.94. The molecule has 1 aromatic heterocycles. The van der Waals surface area contributed by atoms with E-state index in [1.165, 1.54) is 32.0 Å². The molecule has 0 aliphatic carbocycles. The molecule has 8 heteroatoms. The number of aromatic nitrogens is 2. The number of hydrogen-bond acceptors (Lipinski definition) is 3. The van der Waals surface area contributed by atoms with E-state index in [-0.39, 0.29) is 17.1 Å². The van der Waals surface area contributed by atoms with Crippen LogP contribution in [0.25, 0.3) is 28.2 Å². The van der Waals surface area contributed by atoms with E-state index >= 15 is 0 Å². The molecule has 0 spiro atoms. The molecule has 4 aromatic rings. The molecule has 1 N–H and O–H groups in total. The highest BCUT2D eigenvalue weighted by molar-refractivity contribution is 6.30. The third-order valence-corrected chi connectivity index (χ3v) is 5.72. The van der Waals surface area contributed by atoms with Gasteiger partial charge in [0.1, 0.15) is 17.2 Å². The molecule has 0 unspecified atom stereocenters. The van der Waals surface area contributed by atoms with Crippen LogP contribution < -0.4 is 4.74 Å². The second kappa shape index (κ2) is 9.40. The predicted octanol–water partition coefficient (Wildman–Crippen LogP) is 7.50. The lowest BCUT2D eigenvalue weighted by molar-refractivity contribution is -0.137. The molecule has 0 aliphatic heterocycles. The van der Waals surface area contributed by atoms with Crippen LogP contribution in [0, 0.1) is 0 Å². The Hall–Kier alpha value is -3.29. The molecule has 0 radical (unpaired) electrons. The van der Waals surface area contributed by atoms with Gasteiger partial charge in [-0.2, -0.15) is 13.2 Å². The summed E-state index contributed by atoms with van der Waals surface area (Å²) in [6, 6.07) is 17.9. The Kier molecular flexibility index (Phi) is 6.66. The van der Waals surface area contributed by atoms with Gasteiger partial charge >= 0.3 is 6.18 Å². The second-order valence-corrected chi connectivity index (χ2v) is 8.98. The molecule has 35 heavy (non-hydrogen) atoms. The molecule has 0 aliphatic rings. The second-order valence-electron chi connectivity index (χ2n) is 8.55. The van der Waals surface area contributed by atoms with Crippen molar-refractivity contribution in [2.75, 3.05) is 6.61 Å². The van der Waals surface area contributed by atoms with Crippen LogP contribution in [0.2, 0.25) is 5.02 Å². The summed E-state index contributed by atoms with van der Waals surface area (Å²) in [5.74, 6) is 0.605. The van der Waals surface area contributed by atoms with Crippen LogP contribution in [0.5, 0.6) is 5.75 Å². The van der Waals surface area contributed by atoms with Gasteiger partial charge in [-0.05, 0) is 56.7 Å². The first-order chi connectivity index (χ1) is 16.5. The van der Waals surface area contributed by atoms with Gasteiger partial charge in [-0.15, -0.1) is 0 Å². The Labute approximate surface area is 206 Å². The van der Waals surface area contributed by atoms with E-state index < -0.39 is 17.3 Å². The minimum Gasteiger partial charge on any atom is -0.493 e. The molecule has 0 saturated carbocycles. The summed E-state index contributed by atoms with van der Waals surface area (Å²) in [5.41, 5.74) is 0.144. The third-order valence-electron chi connectivity index (χ3n) is 5.48. The Morgan fingerprint density at radius 1 is 0.971 bits per heavy atom. The standard InChI is InChI=1S/C27H24ClF3N2O2/c1-4-35-23-15-19(12-13-20(23)17-8-7-9-18(28)14-17)33-16-24(26(2,3)34)32-25(33)21-10-5-6-11-22(21)27(29,30)31/h5-16,34H,4H2,1-3H3. The molecule has 0 saturated heterocycles. The van der Waals surface area contributed by atoms with Crippen LogP contribution in [-0.2, 0) is 11.8 Å². The zero-order chi connectivity index (χ0) is 25.4. The van der Waals surface area contributed by atoms with Crippen LogP contribution in [0.15, 0.2) is 72.9 Å². The zero-order valence-electron chi connectivity index (χ0n) is 19.4. The molecular formula is C27H24ClF3N2O2. The monoisotopic (exact) mass is 500 g/mol. The highest BCUT2D eigenvalue weighted by Gasteiger charge is 2.35. The van der Waals surface area contributed by atoms with Crippen LogP contribution in [0.4, 0.5) is 13.2 Å². The number of benzene rings is 3. The minimum atomic E-state index is -4.57. The van der Waals surface area contributed by atoms with E-state index in [4.69, 9.17) is 16.3 Å². The van der Waals surface area contributed by atoms with E-state index in [9.17, 15) is 18.3 Å². The van der Waals surface area contributed by atoms with Crippen molar-refractivity contribution in [3.8, 4) is 34.0 Å². The van der Waals surface area contributed by atoms with Crippen LogP contribution in [-0.4, -0.2) is 21.3 Å². The maximum atomic E-state index is 13.8. The van der Waals surface area contributed by atoms with Crippen molar-refractivity contribution in [2.45, 2.75) is 32.5 Å². The van der Waals surface area contributed by atoms with Gasteiger partial charge in [0.05, 0.1) is 23.6 Å². The molecule has 0 amide bonds. The van der Waals surface area contributed by atoms with Gasteiger partial charge in [-0.3, -0.25) is 4.57 Å².